The van der Waals surface area contributed by atoms with Crippen molar-refractivity contribution < 1.29 is 27.8 Å². The number of nitriles is 1. The van der Waals surface area contributed by atoms with Gasteiger partial charge in [-0.05, 0) is 12.3 Å². The first-order chi connectivity index (χ1) is 13.5. The predicted molar refractivity (Wildman–Crippen MR) is 108 cm³/mol. The van der Waals surface area contributed by atoms with E-state index >= 15 is 0 Å². The second-order valence-electron chi connectivity index (χ2n) is 6.95. The second-order valence-corrected chi connectivity index (χ2v) is 9.16. The SMILES string of the molecule is C#CCN(CCOP(=O)([O-])OCC[N+](C)(C)C)C(=O)c1cnc(SC)c(C#N)c1. The number of aromatic nitrogens is 1. The Hall–Kier alpha value is -1.91. The van der Waals surface area contributed by atoms with Crippen LogP contribution in [-0.2, 0) is 13.6 Å². The Kier molecular flexibility index (Phi) is 9.81. The summed E-state index contributed by atoms with van der Waals surface area (Å²) in [6, 6.07) is 3.42. The zero-order valence-electron chi connectivity index (χ0n) is 17.0. The van der Waals surface area contributed by atoms with Gasteiger partial charge in [-0.25, -0.2) is 4.98 Å². The quantitative estimate of drug-likeness (QED) is 0.216. The van der Waals surface area contributed by atoms with Crippen LogP contribution in [0, 0.1) is 23.7 Å². The molecule has 1 aromatic heterocycles. The number of rotatable bonds is 11. The van der Waals surface area contributed by atoms with Gasteiger partial charge in [0.1, 0.15) is 24.2 Å². The van der Waals surface area contributed by atoms with Crippen LogP contribution in [-0.4, -0.2) is 80.5 Å². The monoisotopic (exact) mass is 440 g/mol. The van der Waals surface area contributed by atoms with Crippen molar-refractivity contribution in [2.75, 3.05) is 60.2 Å². The number of thioether (sulfide) groups is 1. The molecule has 0 saturated heterocycles. The molecule has 0 spiro atoms. The van der Waals surface area contributed by atoms with E-state index in [9.17, 15) is 19.5 Å². The minimum atomic E-state index is -4.49. The molecule has 0 radical (unpaired) electrons. The summed E-state index contributed by atoms with van der Waals surface area (Å²) in [5.74, 6) is 1.87. The zero-order chi connectivity index (χ0) is 22.1. The van der Waals surface area contributed by atoms with E-state index in [1.165, 1.54) is 28.9 Å². The highest BCUT2D eigenvalue weighted by molar-refractivity contribution is 7.98. The lowest BCUT2D eigenvalue weighted by Gasteiger charge is -2.28. The van der Waals surface area contributed by atoms with Crippen molar-refractivity contribution in [2.24, 2.45) is 0 Å². The number of hydrogen-bond donors (Lipinski definition) is 0. The molecule has 0 aromatic carbocycles. The molecule has 0 N–H and O–H groups in total. The van der Waals surface area contributed by atoms with Gasteiger partial charge < -0.3 is 23.3 Å². The maximum absolute atomic E-state index is 12.7. The largest absolute Gasteiger partial charge is 0.756 e. The van der Waals surface area contributed by atoms with Crippen molar-refractivity contribution in [3.8, 4) is 18.4 Å². The molecule has 1 aromatic rings. The number of hydrogen-bond acceptors (Lipinski definition) is 8. The van der Waals surface area contributed by atoms with Gasteiger partial charge in [-0.1, -0.05) is 5.92 Å². The molecule has 158 valence electrons. The minimum absolute atomic E-state index is 0.0122. The van der Waals surface area contributed by atoms with Gasteiger partial charge in [-0.2, -0.15) is 5.26 Å². The molecule has 1 heterocycles. The number of pyridine rings is 1. The molecule has 1 unspecified atom stereocenters. The number of likely N-dealkylation sites (N-methyl/N-ethyl adjacent to an activating group) is 1. The number of amides is 1. The molecule has 0 aliphatic carbocycles. The van der Waals surface area contributed by atoms with E-state index < -0.39 is 13.7 Å². The Bertz CT molecular complexity index is 844. The summed E-state index contributed by atoms with van der Waals surface area (Å²) in [7, 11) is 1.23. The number of phosphoric acid groups is 1. The van der Waals surface area contributed by atoms with E-state index in [0.29, 0.717) is 16.1 Å². The van der Waals surface area contributed by atoms with Gasteiger partial charge in [0.2, 0.25) is 0 Å². The van der Waals surface area contributed by atoms with Gasteiger partial charge in [0, 0.05) is 12.7 Å². The van der Waals surface area contributed by atoms with Gasteiger partial charge in [0.05, 0.1) is 45.4 Å². The van der Waals surface area contributed by atoms with Crippen molar-refractivity contribution in [2.45, 2.75) is 5.03 Å². The molecule has 1 amide bonds. The number of terminal acetylenes is 1. The Morgan fingerprint density at radius 2 is 2.07 bits per heavy atom. The standard InChI is InChI=1S/C18H25N4O5PS/c1-6-7-21(8-10-26-28(24,25)27-11-9-22(2,3)4)18(23)16-12-15(13-19)17(29-5)20-14-16/h1,12,14H,7-11H2,2-5H3. The Morgan fingerprint density at radius 1 is 1.41 bits per heavy atom. The lowest BCUT2D eigenvalue weighted by atomic mass is 10.2. The van der Waals surface area contributed by atoms with Crippen LogP contribution in [0.5, 0.6) is 0 Å². The van der Waals surface area contributed by atoms with Gasteiger partial charge in [-0.3, -0.25) is 9.36 Å². The second kappa shape index (κ2) is 11.3. The third-order valence-electron chi connectivity index (χ3n) is 3.60. The normalized spacial score (nSPS) is 13.2. The first-order valence-corrected chi connectivity index (χ1v) is 11.3. The van der Waals surface area contributed by atoms with Crippen molar-refractivity contribution >= 4 is 25.5 Å². The van der Waals surface area contributed by atoms with Crippen molar-refractivity contribution in [3.05, 3.63) is 23.4 Å². The average molecular weight is 440 g/mol. The fourth-order valence-corrected chi connectivity index (χ4v) is 3.25. The highest BCUT2D eigenvalue weighted by Crippen LogP contribution is 2.37. The van der Waals surface area contributed by atoms with Gasteiger partial charge in [0.25, 0.3) is 13.7 Å². The molecule has 0 fully saturated rings. The van der Waals surface area contributed by atoms with Crippen LogP contribution in [0.1, 0.15) is 15.9 Å². The van der Waals surface area contributed by atoms with Crippen LogP contribution in [0.3, 0.4) is 0 Å². The maximum atomic E-state index is 12.7. The summed E-state index contributed by atoms with van der Waals surface area (Å²) < 4.78 is 22.0. The predicted octanol–water partition coefficient (Wildman–Crippen LogP) is 0.958. The molecule has 0 aliphatic heterocycles. The molecule has 1 rings (SSSR count). The van der Waals surface area contributed by atoms with Crippen molar-refractivity contribution in [3.63, 3.8) is 0 Å². The minimum Gasteiger partial charge on any atom is -0.756 e. The number of carbonyl (C=O) groups is 1. The van der Waals surface area contributed by atoms with Crippen LogP contribution in [0.25, 0.3) is 0 Å². The van der Waals surface area contributed by atoms with E-state index in [1.54, 1.807) is 6.26 Å². The van der Waals surface area contributed by atoms with Crippen LogP contribution in [0.15, 0.2) is 17.3 Å². The Morgan fingerprint density at radius 3 is 2.62 bits per heavy atom. The van der Waals surface area contributed by atoms with Gasteiger partial charge >= 0.3 is 0 Å². The first kappa shape index (κ1) is 25.1. The van der Waals surface area contributed by atoms with Crippen LogP contribution in [0.4, 0.5) is 0 Å². The molecular formula is C18H25N4O5PS. The lowest BCUT2D eigenvalue weighted by Crippen LogP contribution is -2.37. The highest BCUT2D eigenvalue weighted by atomic mass is 32.2. The number of carbonyl (C=O) groups excluding carboxylic acids is 1. The topological polar surface area (TPSA) is 116 Å². The van der Waals surface area contributed by atoms with E-state index in [-0.39, 0.29) is 37.4 Å². The molecule has 29 heavy (non-hydrogen) atoms. The van der Waals surface area contributed by atoms with Crippen LogP contribution < -0.4 is 4.89 Å². The summed E-state index contributed by atoms with van der Waals surface area (Å²) in [5, 5.41) is 9.70. The maximum Gasteiger partial charge on any atom is 0.268 e. The zero-order valence-corrected chi connectivity index (χ0v) is 18.7. The number of quaternary nitrogens is 1. The molecule has 1 atom stereocenters. The molecule has 0 saturated carbocycles. The fourth-order valence-electron chi connectivity index (χ4n) is 2.08. The first-order valence-electron chi connectivity index (χ1n) is 8.60. The van der Waals surface area contributed by atoms with Crippen molar-refractivity contribution in [1.29, 1.82) is 5.26 Å². The smallest absolute Gasteiger partial charge is 0.268 e. The van der Waals surface area contributed by atoms with E-state index in [2.05, 4.69) is 10.9 Å². The lowest BCUT2D eigenvalue weighted by molar-refractivity contribution is -0.870. The van der Waals surface area contributed by atoms with E-state index in [0.717, 1.165) is 0 Å². The molecule has 0 bridgehead atoms. The fraction of sp³-hybridized carbons (Fsp3) is 0.500. The number of nitrogens with zero attached hydrogens (tertiary/aromatic N) is 4. The summed E-state index contributed by atoms with van der Waals surface area (Å²) >= 11 is 1.29. The third kappa shape index (κ3) is 8.97. The molecule has 9 nitrogen and oxygen atoms in total. The molecule has 11 heteroatoms. The van der Waals surface area contributed by atoms with Gasteiger partial charge in [0.15, 0.2) is 0 Å². The Labute approximate surface area is 175 Å². The van der Waals surface area contributed by atoms with E-state index in [1.807, 2.05) is 27.2 Å². The summed E-state index contributed by atoms with van der Waals surface area (Å²) in [4.78, 5) is 29.9. The van der Waals surface area contributed by atoms with E-state index in [4.69, 9.17) is 15.5 Å². The summed E-state index contributed by atoms with van der Waals surface area (Å²) in [5.41, 5.74) is 0.453. The Balaban J connectivity index is 2.72. The summed E-state index contributed by atoms with van der Waals surface area (Å²) in [6.07, 6.45) is 8.44. The molecular weight excluding hydrogens is 415 g/mol. The molecule has 0 aliphatic rings. The van der Waals surface area contributed by atoms with Crippen LogP contribution in [0.2, 0.25) is 0 Å². The average Bonchev–Trinajstić information content (AvgIpc) is 2.64. The van der Waals surface area contributed by atoms with Gasteiger partial charge in [-0.15, -0.1) is 18.2 Å². The van der Waals surface area contributed by atoms with Crippen LogP contribution >= 0.6 is 19.6 Å². The van der Waals surface area contributed by atoms with Crippen molar-refractivity contribution in [1.82, 2.24) is 9.88 Å². The highest BCUT2D eigenvalue weighted by Gasteiger charge is 2.19. The summed E-state index contributed by atoms with van der Waals surface area (Å²) in [6.45, 7) is 0.0409. The number of phosphoric ester groups is 1. The third-order valence-corrected chi connectivity index (χ3v) is 5.31.